The number of likely N-dealkylation sites (tertiary alicyclic amines) is 1. The van der Waals surface area contributed by atoms with Gasteiger partial charge in [0, 0.05) is 25.0 Å². The highest BCUT2D eigenvalue weighted by Crippen LogP contribution is 2.29. The van der Waals surface area contributed by atoms with E-state index in [0.717, 1.165) is 25.7 Å². The van der Waals surface area contributed by atoms with Crippen LogP contribution in [0.5, 0.6) is 0 Å². The molecule has 1 heterocycles. The second-order valence-corrected chi connectivity index (χ2v) is 7.29. The zero-order valence-corrected chi connectivity index (χ0v) is 14.2. The van der Waals surface area contributed by atoms with E-state index in [0.29, 0.717) is 13.1 Å². The highest BCUT2D eigenvalue weighted by Gasteiger charge is 2.32. The number of carbonyl (C=O) groups is 3. The highest BCUT2D eigenvalue weighted by atomic mass is 16.6. The molecule has 1 aliphatic carbocycles. The van der Waals surface area contributed by atoms with E-state index in [1.165, 1.54) is 0 Å². The van der Waals surface area contributed by atoms with Gasteiger partial charge in [0.25, 0.3) is 0 Å². The molecule has 0 aromatic carbocycles. The van der Waals surface area contributed by atoms with E-state index in [2.05, 4.69) is 10.6 Å². The summed E-state index contributed by atoms with van der Waals surface area (Å²) >= 11 is 0. The molecule has 7 nitrogen and oxygen atoms in total. The van der Waals surface area contributed by atoms with Gasteiger partial charge in [-0.25, -0.2) is 4.79 Å². The van der Waals surface area contributed by atoms with Gasteiger partial charge in [-0.05, 0) is 46.5 Å². The number of rotatable bonds is 4. The van der Waals surface area contributed by atoms with Gasteiger partial charge in [0.15, 0.2) is 0 Å². The predicted molar refractivity (Wildman–Crippen MR) is 84.7 cm³/mol. The summed E-state index contributed by atoms with van der Waals surface area (Å²) in [6.07, 6.45) is 2.93. The molecule has 0 aromatic heterocycles. The molecule has 7 heteroatoms. The molecule has 23 heavy (non-hydrogen) atoms. The largest absolute Gasteiger partial charge is 0.444 e. The van der Waals surface area contributed by atoms with Crippen molar-refractivity contribution in [3.63, 3.8) is 0 Å². The van der Waals surface area contributed by atoms with Crippen molar-refractivity contribution in [2.24, 2.45) is 5.92 Å². The minimum Gasteiger partial charge on any atom is -0.444 e. The van der Waals surface area contributed by atoms with Crippen LogP contribution in [0.15, 0.2) is 0 Å². The maximum atomic E-state index is 12.1. The van der Waals surface area contributed by atoms with E-state index in [-0.39, 0.29) is 30.3 Å². The Labute approximate surface area is 137 Å². The summed E-state index contributed by atoms with van der Waals surface area (Å²) in [6.45, 7) is 6.46. The third-order valence-electron chi connectivity index (χ3n) is 3.93. The first-order valence-corrected chi connectivity index (χ1v) is 8.29. The molecule has 2 N–H and O–H groups in total. The van der Waals surface area contributed by atoms with E-state index < -0.39 is 11.7 Å². The van der Waals surface area contributed by atoms with Gasteiger partial charge in [-0.1, -0.05) is 0 Å². The molecule has 3 amide bonds. The van der Waals surface area contributed by atoms with Gasteiger partial charge >= 0.3 is 6.09 Å². The SMILES string of the molecule is CC(C)(C)OC(=O)NCC(=O)N1CCC(NC(=O)C2CC2)CC1. The molecule has 0 spiro atoms. The quantitative estimate of drug-likeness (QED) is 0.808. The minimum atomic E-state index is -0.586. The number of alkyl carbamates (subject to hydrolysis) is 1. The van der Waals surface area contributed by atoms with Crippen LogP contribution < -0.4 is 10.6 Å². The maximum absolute atomic E-state index is 12.1. The molecule has 0 radical (unpaired) electrons. The van der Waals surface area contributed by atoms with Crippen molar-refractivity contribution in [2.45, 2.75) is 58.1 Å². The summed E-state index contributed by atoms with van der Waals surface area (Å²) < 4.78 is 5.10. The van der Waals surface area contributed by atoms with E-state index in [1.807, 2.05) is 0 Å². The molecule has 0 bridgehead atoms. The van der Waals surface area contributed by atoms with Gasteiger partial charge in [-0.3, -0.25) is 9.59 Å². The van der Waals surface area contributed by atoms with Gasteiger partial charge in [0.2, 0.25) is 11.8 Å². The van der Waals surface area contributed by atoms with Crippen LogP contribution in [0.25, 0.3) is 0 Å². The lowest BCUT2D eigenvalue weighted by Gasteiger charge is -2.32. The summed E-state index contributed by atoms with van der Waals surface area (Å²) in [5.41, 5.74) is -0.578. The standard InChI is InChI=1S/C16H27N3O4/c1-16(2,3)23-15(22)17-10-13(20)19-8-6-12(7-9-19)18-14(21)11-4-5-11/h11-12H,4-10H2,1-3H3,(H,17,22)(H,18,21). The normalized spacial score (nSPS) is 19.2. The van der Waals surface area contributed by atoms with Gasteiger partial charge in [-0.2, -0.15) is 0 Å². The van der Waals surface area contributed by atoms with Crippen LogP contribution in [0, 0.1) is 5.92 Å². The molecule has 0 atom stereocenters. The Morgan fingerprint density at radius 3 is 2.22 bits per heavy atom. The number of piperidine rings is 1. The molecular weight excluding hydrogens is 298 g/mol. The number of nitrogens with one attached hydrogen (secondary N) is 2. The Kier molecular flexibility index (Phi) is 5.49. The van der Waals surface area contributed by atoms with Gasteiger partial charge in [-0.15, -0.1) is 0 Å². The number of hydrogen-bond donors (Lipinski definition) is 2. The summed E-state index contributed by atoms with van der Waals surface area (Å²) in [5, 5.41) is 5.53. The zero-order valence-electron chi connectivity index (χ0n) is 14.2. The molecule has 1 saturated heterocycles. The van der Waals surface area contributed by atoms with Crippen LogP contribution in [0.1, 0.15) is 46.5 Å². The Balaban J connectivity index is 1.65. The first-order chi connectivity index (χ1) is 10.7. The fraction of sp³-hybridized carbons (Fsp3) is 0.812. The predicted octanol–water partition coefficient (Wildman–Crippen LogP) is 1.03. The summed E-state index contributed by atoms with van der Waals surface area (Å²) in [4.78, 5) is 37.1. The van der Waals surface area contributed by atoms with Crippen molar-refractivity contribution in [3.8, 4) is 0 Å². The van der Waals surface area contributed by atoms with E-state index >= 15 is 0 Å². The average Bonchev–Trinajstić information content (AvgIpc) is 3.28. The van der Waals surface area contributed by atoms with E-state index in [1.54, 1.807) is 25.7 Å². The monoisotopic (exact) mass is 325 g/mol. The summed E-state index contributed by atoms with van der Waals surface area (Å²) in [7, 11) is 0. The lowest BCUT2D eigenvalue weighted by Crippen LogP contribution is -2.49. The van der Waals surface area contributed by atoms with Crippen molar-refractivity contribution in [1.29, 1.82) is 0 Å². The van der Waals surface area contributed by atoms with Crippen molar-refractivity contribution >= 4 is 17.9 Å². The van der Waals surface area contributed by atoms with Gasteiger partial charge < -0.3 is 20.3 Å². The number of nitrogens with zero attached hydrogens (tertiary/aromatic N) is 1. The van der Waals surface area contributed by atoms with E-state index in [4.69, 9.17) is 4.74 Å². The van der Waals surface area contributed by atoms with Crippen molar-refractivity contribution in [1.82, 2.24) is 15.5 Å². The zero-order chi connectivity index (χ0) is 17.0. The van der Waals surface area contributed by atoms with Crippen LogP contribution in [0.2, 0.25) is 0 Å². The number of ether oxygens (including phenoxy) is 1. The molecule has 1 aliphatic heterocycles. The van der Waals surface area contributed by atoms with Crippen LogP contribution in [0.4, 0.5) is 4.79 Å². The second-order valence-electron chi connectivity index (χ2n) is 7.29. The van der Waals surface area contributed by atoms with Crippen molar-refractivity contribution in [3.05, 3.63) is 0 Å². The molecular formula is C16H27N3O4. The smallest absolute Gasteiger partial charge is 0.408 e. The second kappa shape index (κ2) is 7.19. The Morgan fingerprint density at radius 1 is 1.09 bits per heavy atom. The summed E-state index contributed by atoms with van der Waals surface area (Å²) in [6, 6.07) is 0.158. The Bertz CT molecular complexity index is 460. The van der Waals surface area contributed by atoms with Crippen LogP contribution in [-0.2, 0) is 14.3 Å². The van der Waals surface area contributed by atoms with Gasteiger partial charge in [0.1, 0.15) is 12.1 Å². The Hall–Kier alpha value is -1.79. The van der Waals surface area contributed by atoms with Crippen molar-refractivity contribution < 1.29 is 19.1 Å². The maximum Gasteiger partial charge on any atom is 0.408 e. The fourth-order valence-electron chi connectivity index (χ4n) is 2.51. The molecule has 2 fully saturated rings. The lowest BCUT2D eigenvalue weighted by atomic mass is 10.0. The van der Waals surface area contributed by atoms with Crippen LogP contribution in [-0.4, -0.2) is 54.1 Å². The van der Waals surface area contributed by atoms with Gasteiger partial charge in [0.05, 0.1) is 0 Å². The fourth-order valence-corrected chi connectivity index (χ4v) is 2.51. The Morgan fingerprint density at radius 2 is 1.70 bits per heavy atom. The molecule has 0 unspecified atom stereocenters. The third-order valence-corrected chi connectivity index (χ3v) is 3.93. The van der Waals surface area contributed by atoms with Crippen LogP contribution in [0.3, 0.4) is 0 Å². The molecule has 2 rings (SSSR count). The first-order valence-electron chi connectivity index (χ1n) is 8.29. The number of amides is 3. The number of hydrogen-bond acceptors (Lipinski definition) is 4. The molecule has 1 saturated carbocycles. The average molecular weight is 325 g/mol. The third kappa shape index (κ3) is 6.08. The minimum absolute atomic E-state index is 0.0615. The van der Waals surface area contributed by atoms with Crippen molar-refractivity contribution in [2.75, 3.05) is 19.6 Å². The highest BCUT2D eigenvalue weighted by molar-refractivity contribution is 5.83. The molecule has 0 aromatic rings. The molecule has 130 valence electrons. The summed E-state index contributed by atoms with van der Waals surface area (Å²) in [5.74, 6) is 0.247. The molecule has 2 aliphatic rings. The first kappa shape index (κ1) is 17.6. The lowest BCUT2D eigenvalue weighted by molar-refractivity contribution is -0.131. The number of carbonyl (C=O) groups excluding carboxylic acids is 3. The van der Waals surface area contributed by atoms with Crippen LogP contribution >= 0.6 is 0 Å². The topological polar surface area (TPSA) is 87.7 Å². The van der Waals surface area contributed by atoms with E-state index in [9.17, 15) is 14.4 Å².